The Kier molecular flexibility index (Phi) is 7.20. The molecule has 4 aromatic heterocycles. The van der Waals surface area contributed by atoms with Crippen LogP contribution in [-0.4, -0.2) is 58.9 Å². The average molecular weight is 564 g/mol. The van der Waals surface area contributed by atoms with E-state index in [2.05, 4.69) is 38.4 Å². The van der Waals surface area contributed by atoms with Crippen molar-refractivity contribution in [3.8, 4) is 11.5 Å². The molecule has 6 rings (SSSR count). The first kappa shape index (κ1) is 27.2. The predicted octanol–water partition coefficient (Wildman–Crippen LogP) is 6.46. The summed E-state index contributed by atoms with van der Waals surface area (Å²) in [4.78, 5) is 23.3. The molecule has 5 aromatic rings. The fourth-order valence-corrected chi connectivity index (χ4v) is 5.03. The Labute approximate surface area is 243 Å². The zero-order valence-corrected chi connectivity index (χ0v) is 24.2. The molecule has 0 fully saturated rings. The quantitative estimate of drug-likeness (QED) is 0.242. The van der Waals surface area contributed by atoms with Crippen molar-refractivity contribution in [1.82, 2.24) is 34.1 Å². The second-order valence-electron chi connectivity index (χ2n) is 11.3. The van der Waals surface area contributed by atoms with Crippen LogP contribution in [0.5, 0.6) is 11.5 Å². The van der Waals surface area contributed by atoms with Crippen LogP contribution in [0.3, 0.4) is 0 Å². The average Bonchev–Trinajstić information content (AvgIpc) is 3.53. The van der Waals surface area contributed by atoms with Gasteiger partial charge in [-0.05, 0) is 87.6 Å². The second-order valence-corrected chi connectivity index (χ2v) is 11.3. The summed E-state index contributed by atoms with van der Waals surface area (Å²) in [5, 5.41) is 8.56. The molecule has 214 valence electrons. The summed E-state index contributed by atoms with van der Waals surface area (Å²) in [7, 11) is 0. The van der Waals surface area contributed by atoms with Gasteiger partial charge in [-0.2, -0.15) is 10.2 Å². The second kappa shape index (κ2) is 11.1. The molecule has 5 heterocycles. The maximum Gasteiger partial charge on any atom is 0.410 e. The Hall–Kier alpha value is -4.99. The van der Waals surface area contributed by atoms with E-state index in [0.717, 1.165) is 52.1 Å². The number of aryl methyl sites for hydroxylation is 1. The number of pyridine rings is 1. The number of hydrogen-bond donors (Lipinski definition) is 0. The number of nitrogens with zero attached hydrogens (tertiary/aromatic N) is 7. The number of rotatable bonds is 5. The molecule has 0 atom stereocenters. The monoisotopic (exact) mass is 563 g/mol. The van der Waals surface area contributed by atoms with Crippen molar-refractivity contribution in [2.75, 3.05) is 13.1 Å². The van der Waals surface area contributed by atoms with Crippen LogP contribution >= 0.6 is 0 Å². The van der Waals surface area contributed by atoms with Gasteiger partial charge in [0.25, 0.3) is 0 Å². The van der Waals surface area contributed by atoms with Gasteiger partial charge in [0.05, 0.1) is 11.2 Å². The lowest BCUT2D eigenvalue weighted by molar-refractivity contribution is 0.0260. The van der Waals surface area contributed by atoms with Crippen LogP contribution in [0.2, 0.25) is 0 Å². The highest BCUT2D eigenvalue weighted by atomic mass is 16.6. The Morgan fingerprint density at radius 3 is 2.60 bits per heavy atom. The Balaban J connectivity index is 1.20. The molecule has 0 aliphatic carbocycles. The van der Waals surface area contributed by atoms with E-state index < -0.39 is 5.60 Å². The summed E-state index contributed by atoms with van der Waals surface area (Å²) in [5.74, 6) is 1.48. The molecule has 1 aromatic carbocycles. The highest BCUT2D eigenvalue weighted by molar-refractivity contribution is 5.86. The molecule has 0 unspecified atom stereocenters. The standard InChI is InChI=1S/C32H33N7O3/c1-22-18-23(8-10-28(22)41-25-12-16-38-29(19-25)34-21-35-38)7-9-27-30-26(13-17-39(30)36-20-33-27)24-6-5-14-37(15-11-24)31(40)42-32(2,3)4/h6-10,12-13,16-21H,5,11,14-15H2,1-4H3/b9-7-. The summed E-state index contributed by atoms with van der Waals surface area (Å²) in [6.45, 7) is 8.91. The van der Waals surface area contributed by atoms with Crippen LogP contribution in [0, 0.1) is 6.92 Å². The first-order chi connectivity index (χ1) is 20.2. The largest absolute Gasteiger partial charge is 0.457 e. The number of fused-ring (bicyclic) bond motifs is 2. The Bertz CT molecular complexity index is 1830. The molecule has 0 saturated carbocycles. The maximum atomic E-state index is 12.7. The molecular formula is C32H33N7O3. The SMILES string of the molecule is Cc1cc(/C=C\c2ncnn3ccc(C4=CCCN(C(=O)OC(C)(C)C)CC4)c23)ccc1Oc1ccn2ncnc2c1. The third kappa shape index (κ3) is 5.88. The highest BCUT2D eigenvalue weighted by Crippen LogP contribution is 2.30. The van der Waals surface area contributed by atoms with E-state index in [-0.39, 0.29) is 6.09 Å². The number of carbonyl (C=O) groups is 1. The van der Waals surface area contributed by atoms with E-state index in [1.165, 1.54) is 11.9 Å². The molecule has 1 amide bonds. The number of hydrogen-bond acceptors (Lipinski definition) is 7. The van der Waals surface area contributed by atoms with E-state index >= 15 is 0 Å². The highest BCUT2D eigenvalue weighted by Gasteiger charge is 2.24. The van der Waals surface area contributed by atoms with Crippen molar-refractivity contribution in [2.45, 2.75) is 46.1 Å². The minimum atomic E-state index is -0.518. The summed E-state index contributed by atoms with van der Waals surface area (Å²) in [5.41, 5.74) is 6.25. The van der Waals surface area contributed by atoms with Gasteiger partial charge in [-0.3, -0.25) is 0 Å². The van der Waals surface area contributed by atoms with Gasteiger partial charge in [0.2, 0.25) is 0 Å². The van der Waals surface area contributed by atoms with Crippen molar-refractivity contribution in [3.05, 3.63) is 89.9 Å². The van der Waals surface area contributed by atoms with Crippen molar-refractivity contribution in [3.63, 3.8) is 0 Å². The molecule has 1 aliphatic heterocycles. The van der Waals surface area contributed by atoms with E-state index in [0.29, 0.717) is 18.8 Å². The van der Waals surface area contributed by atoms with Crippen LogP contribution in [0.25, 0.3) is 28.9 Å². The molecular weight excluding hydrogens is 530 g/mol. The first-order valence-corrected chi connectivity index (χ1v) is 14.0. The van der Waals surface area contributed by atoms with Gasteiger partial charge in [0.1, 0.15) is 29.8 Å². The van der Waals surface area contributed by atoms with Gasteiger partial charge in [0, 0.05) is 37.1 Å². The van der Waals surface area contributed by atoms with Gasteiger partial charge in [0.15, 0.2) is 5.65 Å². The molecule has 0 bridgehead atoms. The topological polar surface area (TPSA) is 99.2 Å². The molecule has 42 heavy (non-hydrogen) atoms. The minimum absolute atomic E-state index is 0.269. The van der Waals surface area contributed by atoms with Gasteiger partial charge in [-0.15, -0.1) is 0 Å². The van der Waals surface area contributed by atoms with Crippen LogP contribution in [0.15, 0.2) is 67.5 Å². The van der Waals surface area contributed by atoms with E-state index in [1.54, 1.807) is 15.7 Å². The maximum absolute atomic E-state index is 12.7. The van der Waals surface area contributed by atoms with E-state index in [9.17, 15) is 4.79 Å². The third-order valence-electron chi connectivity index (χ3n) is 7.03. The lowest BCUT2D eigenvalue weighted by atomic mass is 10.0. The van der Waals surface area contributed by atoms with E-state index in [1.807, 2.05) is 81.0 Å². The van der Waals surface area contributed by atoms with Crippen molar-refractivity contribution >= 4 is 35.0 Å². The smallest absolute Gasteiger partial charge is 0.410 e. The summed E-state index contributed by atoms with van der Waals surface area (Å²) in [6.07, 6.45) is 14.3. The lowest BCUT2D eigenvalue weighted by Gasteiger charge is -2.26. The molecule has 1 aliphatic rings. The predicted molar refractivity (Wildman–Crippen MR) is 161 cm³/mol. The van der Waals surface area contributed by atoms with E-state index in [4.69, 9.17) is 9.47 Å². The van der Waals surface area contributed by atoms with Gasteiger partial charge < -0.3 is 14.4 Å². The molecule has 0 N–H and O–H groups in total. The van der Waals surface area contributed by atoms with Gasteiger partial charge in [-0.1, -0.05) is 18.2 Å². The molecule has 10 heteroatoms. The summed E-state index contributed by atoms with van der Waals surface area (Å²) < 4.78 is 15.3. The fraction of sp³-hybridized carbons (Fsp3) is 0.281. The number of amides is 1. The van der Waals surface area contributed by atoms with Crippen molar-refractivity contribution < 1.29 is 14.3 Å². The first-order valence-electron chi connectivity index (χ1n) is 14.0. The number of ether oxygens (including phenoxy) is 2. The van der Waals surface area contributed by atoms with Gasteiger partial charge in [-0.25, -0.2) is 23.8 Å². The fourth-order valence-electron chi connectivity index (χ4n) is 5.03. The number of carbonyl (C=O) groups excluding carboxylic acids is 1. The Morgan fingerprint density at radius 1 is 0.952 bits per heavy atom. The van der Waals surface area contributed by atoms with Crippen molar-refractivity contribution in [2.24, 2.45) is 0 Å². The summed E-state index contributed by atoms with van der Waals surface area (Å²) >= 11 is 0. The van der Waals surface area contributed by atoms with Crippen LogP contribution in [0.4, 0.5) is 4.79 Å². The Morgan fingerprint density at radius 2 is 1.76 bits per heavy atom. The molecule has 0 spiro atoms. The normalized spacial score (nSPS) is 14.4. The molecule has 0 saturated heterocycles. The number of benzene rings is 1. The van der Waals surface area contributed by atoms with Gasteiger partial charge >= 0.3 is 6.09 Å². The van der Waals surface area contributed by atoms with Crippen LogP contribution in [0.1, 0.15) is 56.0 Å². The number of aromatic nitrogens is 6. The van der Waals surface area contributed by atoms with Crippen molar-refractivity contribution in [1.29, 1.82) is 0 Å². The van der Waals surface area contributed by atoms with Crippen LogP contribution < -0.4 is 4.74 Å². The zero-order chi connectivity index (χ0) is 29.3. The molecule has 0 radical (unpaired) electrons. The zero-order valence-electron chi connectivity index (χ0n) is 24.2. The third-order valence-corrected chi connectivity index (χ3v) is 7.03. The minimum Gasteiger partial charge on any atom is -0.457 e. The van der Waals surface area contributed by atoms with Crippen LogP contribution in [-0.2, 0) is 4.74 Å². The lowest BCUT2D eigenvalue weighted by Crippen LogP contribution is -2.37. The molecule has 10 nitrogen and oxygen atoms in total. The summed E-state index contributed by atoms with van der Waals surface area (Å²) in [6, 6.07) is 11.9.